The Kier molecular flexibility index (Phi) is 5.54. The molecule has 0 atom stereocenters. The van der Waals surface area contributed by atoms with Gasteiger partial charge in [-0.3, -0.25) is 4.72 Å². The number of anilines is 1. The first-order valence-electron chi connectivity index (χ1n) is 7.78. The number of rotatable bonds is 7. The van der Waals surface area contributed by atoms with Gasteiger partial charge in [0.1, 0.15) is 23.1 Å². The van der Waals surface area contributed by atoms with Crippen molar-refractivity contribution in [2.75, 3.05) is 11.3 Å². The summed E-state index contributed by atoms with van der Waals surface area (Å²) < 4.78 is 83.7. The molecule has 0 amide bonds. The van der Waals surface area contributed by atoms with Crippen LogP contribution in [0.3, 0.4) is 0 Å². The molecule has 2 aromatic heterocycles. The topological polar surface area (TPSA) is 84.1 Å². The van der Waals surface area contributed by atoms with Crippen LogP contribution >= 0.6 is 0 Å². The van der Waals surface area contributed by atoms with Crippen molar-refractivity contribution in [1.82, 2.24) is 9.97 Å². The fourth-order valence-corrected chi connectivity index (χ4v) is 3.57. The van der Waals surface area contributed by atoms with Crippen molar-refractivity contribution in [1.29, 1.82) is 0 Å². The van der Waals surface area contributed by atoms with E-state index in [1.807, 2.05) is 4.72 Å². The fourth-order valence-electron chi connectivity index (χ4n) is 2.37. The fraction of sp³-hybridized carbons (Fsp3) is 0.118. The van der Waals surface area contributed by atoms with E-state index >= 15 is 0 Å². The summed E-state index contributed by atoms with van der Waals surface area (Å²) in [5.41, 5.74) is 0.468. The van der Waals surface area contributed by atoms with Gasteiger partial charge in [-0.25, -0.2) is 31.0 Å². The third kappa shape index (κ3) is 4.42. The average Bonchev–Trinajstić information content (AvgIpc) is 3.13. The van der Waals surface area contributed by atoms with E-state index in [2.05, 4.69) is 14.7 Å². The molecular weight excluding hydrogens is 402 g/mol. The Balaban J connectivity index is 1.87. The summed E-state index contributed by atoms with van der Waals surface area (Å²) in [6, 6.07) is 6.02. The van der Waals surface area contributed by atoms with Crippen molar-refractivity contribution in [2.24, 2.45) is 0 Å². The Morgan fingerprint density at radius 3 is 2.64 bits per heavy atom. The number of nitrogens with zero attached hydrogens (tertiary/aromatic N) is 1. The molecule has 148 valence electrons. The first-order chi connectivity index (χ1) is 13.3. The molecule has 0 bridgehead atoms. The lowest BCUT2D eigenvalue weighted by molar-refractivity contribution is 0.0815. The smallest absolute Gasteiger partial charge is 0.272 e. The summed E-state index contributed by atoms with van der Waals surface area (Å²) in [6.45, 7) is -0.952. The minimum atomic E-state index is -4.29. The van der Waals surface area contributed by atoms with Gasteiger partial charge in [0, 0.05) is 24.0 Å². The molecule has 0 saturated carbocycles. The van der Waals surface area contributed by atoms with Crippen LogP contribution in [-0.2, 0) is 10.0 Å². The zero-order valence-electron chi connectivity index (χ0n) is 14.0. The maximum absolute atomic E-state index is 14.1. The van der Waals surface area contributed by atoms with Crippen molar-refractivity contribution in [3.05, 3.63) is 60.6 Å². The monoisotopic (exact) mass is 415 g/mol. The van der Waals surface area contributed by atoms with Crippen molar-refractivity contribution in [3.8, 4) is 16.9 Å². The van der Waals surface area contributed by atoms with Gasteiger partial charge in [-0.2, -0.15) is 0 Å². The first-order valence-corrected chi connectivity index (χ1v) is 9.26. The summed E-state index contributed by atoms with van der Waals surface area (Å²) in [4.78, 5) is 5.92. The molecule has 3 rings (SSSR count). The van der Waals surface area contributed by atoms with Gasteiger partial charge in [-0.05, 0) is 17.7 Å². The number of sulfonamides is 1. The van der Waals surface area contributed by atoms with Gasteiger partial charge in [0.15, 0.2) is 11.6 Å². The zero-order chi connectivity index (χ0) is 20.3. The molecule has 0 aliphatic carbocycles. The van der Waals surface area contributed by atoms with E-state index in [0.29, 0.717) is 5.56 Å². The number of H-pyrrole nitrogens is 1. The molecule has 1 aromatic carbocycles. The van der Waals surface area contributed by atoms with Crippen molar-refractivity contribution in [2.45, 2.75) is 11.3 Å². The Labute approximate surface area is 157 Å². The zero-order valence-corrected chi connectivity index (χ0v) is 14.8. The predicted molar refractivity (Wildman–Crippen MR) is 92.7 cm³/mol. The summed E-state index contributed by atoms with van der Waals surface area (Å²) in [5, 5.41) is 0. The normalized spacial score (nSPS) is 11.6. The van der Waals surface area contributed by atoms with E-state index in [0.717, 1.165) is 24.5 Å². The molecule has 0 saturated heterocycles. The number of alkyl halides is 2. The Hall–Kier alpha value is -3.08. The lowest BCUT2D eigenvalue weighted by Crippen LogP contribution is -2.15. The summed E-state index contributed by atoms with van der Waals surface area (Å²) in [7, 11) is -4.29. The lowest BCUT2D eigenvalue weighted by Gasteiger charge is -2.10. The second kappa shape index (κ2) is 7.89. The van der Waals surface area contributed by atoms with Crippen molar-refractivity contribution in [3.63, 3.8) is 0 Å². The largest absolute Gasteiger partial charge is 0.486 e. The number of benzene rings is 1. The molecule has 28 heavy (non-hydrogen) atoms. The van der Waals surface area contributed by atoms with Crippen LogP contribution in [-0.4, -0.2) is 31.4 Å². The summed E-state index contributed by atoms with van der Waals surface area (Å²) in [6.07, 6.45) is 0.666. The molecule has 2 N–H and O–H groups in total. The van der Waals surface area contributed by atoms with E-state index in [1.54, 1.807) is 0 Å². The Bertz CT molecular complexity index is 1090. The summed E-state index contributed by atoms with van der Waals surface area (Å²) in [5.74, 6) is -2.58. The van der Waals surface area contributed by atoms with Crippen molar-refractivity contribution >= 4 is 15.8 Å². The number of aromatic nitrogens is 2. The van der Waals surface area contributed by atoms with E-state index in [1.165, 1.54) is 24.4 Å². The maximum Gasteiger partial charge on any atom is 0.272 e. The van der Waals surface area contributed by atoms with Crippen LogP contribution in [0.1, 0.15) is 0 Å². The standard InChI is InChI=1S/C17H13F4N3O3S/c18-11-3-1-2-10(4-11)13-7-22-8-15(13)28(25,26)24-17-14(19)5-12(6-23-17)27-9-16(20)21/h1-8,16,22H,9H2,(H,23,24). The molecular formula is C17H13F4N3O3S. The maximum atomic E-state index is 14.1. The number of halogens is 4. The van der Waals surface area contributed by atoms with Gasteiger partial charge in [0.2, 0.25) is 0 Å². The third-order valence-electron chi connectivity index (χ3n) is 3.56. The number of hydrogen-bond acceptors (Lipinski definition) is 4. The van der Waals surface area contributed by atoms with Gasteiger partial charge in [-0.15, -0.1) is 0 Å². The second-order valence-corrected chi connectivity index (χ2v) is 7.20. The molecule has 0 aliphatic heterocycles. The second-order valence-electron chi connectivity index (χ2n) is 5.55. The third-order valence-corrected chi connectivity index (χ3v) is 4.93. The molecule has 2 heterocycles. The number of pyridine rings is 1. The quantitative estimate of drug-likeness (QED) is 0.575. The van der Waals surface area contributed by atoms with Gasteiger partial charge in [-0.1, -0.05) is 12.1 Å². The highest BCUT2D eigenvalue weighted by atomic mass is 32.2. The highest BCUT2D eigenvalue weighted by molar-refractivity contribution is 7.92. The van der Waals surface area contributed by atoms with Crippen LogP contribution in [0.25, 0.3) is 11.1 Å². The molecule has 6 nitrogen and oxygen atoms in total. The van der Waals surface area contributed by atoms with Gasteiger partial charge in [0.25, 0.3) is 16.4 Å². The highest BCUT2D eigenvalue weighted by Gasteiger charge is 2.23. The van der Waals surface area contributed by atoms with Crippen LogP contribution in [0.15, 0.2) is 53.8 Å². The molecule has 3 aromatic rings. The number of hydrogen-bond donors (Lipinski definition) is 2. The SMILES string of the molecule is O=S(=O)(Nc1ncc(OCC(F)F)cc1F)c1c[nH]cc1-c1cccc(F)c1. The summed E-state index contributed by atoms with van der Waals surface area (Å²) >= 11 is 0. The number of aromatic amines is 1. The van der Waals surface area contributed by atoms with Gasteiger partial charge >= 0.3 is 0 Å². The highest BCUT2D eigenvalue weighted by Crippen LogP contribution is 2.29. The minimum absolute atomic E-state index is 0.171. The van der Waals surface area contributed by atoms with Gasteiger partial charge in [0.05, 0.1) is 6.20 Å². The predicted octanol–water partition coefficient (Wildman–Crippen LogP) is 3.80. The number of ether oxygens (including phenoxy) is 1. The van der Waals surface area contributed by atoms with E-state index < -0.39 is 40.5 Å². The van der Waals surface area contributed by atoms with Crippen LogP contribution in [0.5, 0.6) is 5.75 Å². The van der Waals surface area contributed by atoms with Crippen LogP contribution < -0.4 is 9.46 Å². The van der Waals surface area contributed by atoms with E-state index in [9.17, 15) is 26.0 Å². The molecule has 0 aliphatic rings. The van der Waals surface area contributed by atoms with Crippen molar-refractivity contribution < 1.29 is 30.7 Å². The Morgan fingerprint density at radius 1 is 1.18 bits per heavy atom. The average molecular weight is 415 g/mol. The lowest BCUT2D eigenvalue weighted by atomic mass is 10.1. The molecule has 0 spiro atoms. The molecule has 0 fully saturated rings. The van der Waals surface area contributed by atoms with Crippen LogP contribution in [0, 0.1) is 11.6 Å². The Morgan fingerprint density at radius 2 is 1.96 bits per heavy atom. The molecule has 0 radical (unpaired) electrons. The van der Waals surface area contributed by atoms with E-state index in [-0.39, 0.29) is 16.2 Å². The number of nitrogens with one attached hydrogen (secondary N) is 2. The van der Waals surface area contributed by atoms with E-state index in [4.69, 9.17) is 0 Å². The molecule has 11 heteroatoms. The molecule has 0 unspecified atom stereocenters. The first kappa shape index (κ1) is 19.7. The van der Waals surface area contributed by atoms with Crippen LogP contribution in [0.4, 0.5) is 23.4 Å². The van der Waals surface area contributed by atoms with Gasteiger partial charge < -0.3 is 9.72 Å². The van der Waals surface area contributed by atoms with Crippen LogP contribution in [0.2, 0.25) is 0 Å². The minimum Gasteiger partial charge on any atom is -0.486 e.